The maximum atomic E-state index is 12.3. The van der Waals surface area contributed by atoms with Crippen molar-refractivity contribution in [1.29, 1.82) is 5.26 Å². The first-order chi connectivity index (χ1) is 12.8. The van der Waals surface area contributed by atoms with Crippen LogP contribution in [0.1, 0.15) is 37.7 Å². The molecule has 0 spiro atoms. The number of aromatic nitrogens is 1. The van der Waals surface area contributed by atoms with Crippen LogP contribution in [0.3, 0.4) is 0 Å². The first kappa shape index (κ1) is 16.8. The predicted octanol–water partition coefficient (Wildman–Crippen LogP) is 3.85. The molecule has 26 heavy (non-hydrogen) atoms. The van der Waals surface area contributed by atoms with E-state index in [1.165, 1.54) is 25.5 Å². The zero-order valence-corrected chi connectivity index (χ0v) is 14.7. The first-order valence-electron chi connectivity index (χ1n) is 9.33. The minimum Gasteiger partial charge on any atom is -0.488 e. The van der Waals surface area contributed by atoms with Gasteiger partial charge >= 0.3 is 5.97 Å². The number of para-hydroxylation sites is 1. The van der Waals surface area contributed by atoms with E-state index in [-0.39, 0.29) is 25.1 Å². The number of benzene rings is 1. The lowest BCUT2D eigenvalue weighted by Gasteiger charge is -2.13. The topological polar surface area (TPSA) is 72.2 Å². The third kappa shape index (κ3) is 3.24. The largest absolute Gasteiger partial charge is 0.488 e. The van der Waals surface area contributed by atoms with E-state index < -0.39 is 0 Å². The molecule has 1 aromatic carbocycles. The third-order valence-corrected chi connectivity index (χ3v) is 5.74. The Labute approximate surface area is 152 Å². The molecule has 2 atom stereocenters. The molecule has 4 rings (SSSR count). The minimum atomic E-state index is -0.0944. The summed E-state index contributed by atoms with van der Waals surface area (Å²) in [5.41, 5.74) is 1.16. The van der Waals surface area contributed by atoms with Gasteiger partial charge in [0.2, 0.25) is 0 Å². The summed E-state index contributed by atoms with van der Waals surface area (Å²) in [6, 6.07) is 9.64. The highest BCUT2D eigenvalue weighted by atomic mass is 16.6. The Balaban J connectivity index is 1.33. The number of rotatable bonds is 5. The Hall–Kier alpha value is -2.61. The van der Waals surface area contributed by atoms with Gasteiger partial charge in [-0.3, -0.25) is 9.78 Å². The summed E-state index contributed by atoms with van der Waals surface area (Å²) >= 11 is 0. The number of pyridine rings is 1. The van der Waals surface area contributed by atoms with Gasteiger partial charge in [0.05, 0.1) is 11.4 Å². The van der Waals surface area contributed by atoms with Crippen molar-refractivity contribution in [3.8, 4) is 11.8 Å². The van der Waals surface area contributed by atoms with Gasteiger partial charge in [0.25, 0.3) is 0 Å². The Morgan fingerprint density at radius 2 is 1.96 bits per heavy atom. The normalized spacial score (nSPS) is 24.2. The molecule has 5 nitrogen and oxygen atoms in total. The second-order valence-electron chi connectivity index (χ2n) is 7.27. The van der Waals surface area contributed by atoms with Crippen LogP contribution in [0.4, 0.5) is 0 Å². The van der Waals surface area contributed by atoms with Gasteiger partial charge in [-0.15, -0.1) is 0 Å². The number of hydrogen-bond donors (Lipinski definition) is 0. The predicted molar refractivity (Wildman–Crippen MR) is 96.5 cm³/mol. The molecule has 2 aromatic rings. The van der Waals surface area contributed by atoms with Crippen molar-refractivity contribution < 1.29 is 14.3 Å². The number of ether oxygens (including phenoxy) is 2. The molecule has 0 amide bonds. The maximum Gasteiger partial charge on any atom is 0.309 e. The summed E-state index contributed by atoms with van der Waals surface area (Å²) in [6.45, 7) is 0.431. The molecule has 0 radical (unpaired) electrons. The van der Waals surface area contributed by atoms with E-state index in [9.17, 15) is 10.1 Å². The van der Waals surface area contributed by atoms with Crippen molar-refractivity contribution in [2.45, 2.75) is 32.1 Å². The summed E-state index contributed by atoms with van der Waals surface area (Å²) < 4.78 is 11.2. The number of nitrogens with zero attached hydrogens (tertiary/aromatic N) is 2. The molecule has 0 bridgehead atoms. The molecule has 134 valence electrons. The van der Waals surface area contributed by atoms with Gasteiger partial charge in [0.15, 0.2) is 0 Å². The van der Waals surface area contributed by atoms with Crippen molar-refractivity contribution in [3.05, 3.63) is 36.0 Å². The van der Waals surface area contributed by atoms with Crippen molar-refractivity contribution in [2.75, 3.05) is 13.2 Å². The molecule has 5 heteroatoms. The molecular formula is C21H22N2O3. The molecule has 1 heterocycles. The van der Waals surface area contributed by atoms with Crippen molar-refractivity contribution in [1.82, 2.24) is 4.98 Å². The van der Waals surface area contributed by atoms with Crippen LogP contribution in [-0.4, -0.2) is 24.2 Å². The minimum absolute atomic E-state index is 0.0572. The van der Waals surface area contributed by atoms with Gasteiger partial charge in [-0.2, -0.15) is 5.26 Å². The number of carbonyl (C=O) groups is 1. The molecule has 2 aliphatic rings. The Kier molecular flexibility index (Phi) is 4.75. The first-order valence-corrected chi connectivity index (χ1v) is 9.33. The smallest absolute Gasteiger partial charge is 0.309 e. The van der Waals surface area contributed by atoms with Crippen molar-refractivity contribution in [2.24, 2.45) is 17.8 Å². The van der Waals surface area contributed by atoms with Crippen molar-refractivity contribution in [3.63, 3.8) is 0 Å². The lowest BCUT2D eigenvalue weighted by molar-refractivity contribution is -0.149. The number of fused-ring (bicyclic) bond motifs is 2. The van der Waals surface area contributed by atoms with Gasteiger partial charge in [-0.1, -0.05) is 31.4 Å². The van der Waals surface area contributed by atoms with E-state index in [2.05, 4.69) is 11.1 Å². The van der Waals surface area contributed by atoms with E-state index in [1.807, 2.05) is 24.3 Å². The summed E-state index contributed by atoms with van der Waals surface area (Å²) in [6.07, 6.45) is 7.33. The fourth-order valence-electron chi connectivity index (χ4n) is 4.51. The molecule has 1 aromatic heterocycles. The van der Waals surface area contributed by atoms with Gasteiger partial charge in [-0.25, -0.2) is 0 Å². The highest BCUT2D eigenvalue weighted by Crippen LogP contribution is 2.47. The average molecular weight is 350 g/mol. The Bertz CT molecular complexity index is 846. The standard InChI is InChI=1S/C21H22N2O3/c22-12-17-13-23-19-7-2-1-6-18(19)20(17)25-8-9-26-21(24)16-10-14-4-3-5-15(14)11-16/h1-2,6-7,13-16H,3-5,8-11H2. The fourth-order valence-corrected chi connectivity index (χ4v) is 4.51. The van der Waals surface area contributed by atoms with Crippen LogP contribution in [0.2, 0.25) is 0 Å². The highest BCUT2D eigenvalue weighted by Gasteiger charge is 2.40. The summed E-state index contributed by atoms with van der Waals surface area (Å²) in [7, 11) is 0. The highest BCUT2D eigenvalue weighted by molar-refractivity contribution is 5.87. The average Bonchev–Trinajstić information content (AvgIpc) is 3.27. The SMILES string of the molecule is N#Cc1cnc2ccccc2c1OCCOC(=O)C1CC2CCCC2C1. The van der Waals surface area contributed by atoms with E-state index in [1.54, 1.807) is 0 Å². The van der Waals surface area contributed by atoms with E-state index >= 15 is 0 Å². The molecular weight excluding hydrogens is 328 g/mol. The van der Waals surface area contributed by atoms with Crippen molar-refractivity contribution >= 4 is 16.9 Å². The molecule has 2 saturated carbocycles. The van der Waals surface area contributed by atoms with Crippen LogP contribution in [-0.2, 0) is 9.53 Å². The molecule has 0 aliphatic heterocycles. The van der Waals surface area contributed by atoms with E-state index in [0.717, 1.165) is 35.6 Å². The molecule has 2 aliphatic carbocycles. The zero-order valence-electron chi connectivity index (χ0n) is 14.7. The van der Waals surface area contributed by atoms with Crippen LogP contribution in [0, 0.1) is 29.1 Å². The van der Waals surface area contributed by atoms with Crippen LogP contribution in [0.15, 0.2) is 30.5 Å². The van der Waals surface area contributed by atoms with Gasteiger partial charge in [0.1, 0.15) is 30.6 Å². The van der Waals surface area contributed by atoms with Crippen LogP contribution >= 0.6 is 0 Å². The lowest BCUT2D eigenvalue weighted by Crippen LogP contribution is -2.19. The van der Waals surface area contributed by atoms with E-state index in [0.29, 0.717) is 11.3 Å². The second-order valence-corrected chi connectivity index (χ2v) is 7.27. The lowest BCUT2D eigenvalue weighted by atomic mass is 10.0. The van der Waals surface area contributed by atoms with Crippen LogP contribution in [0.5, 0.6) is 5.75 Å². The van der Waals surface area contributed by atoms with Crippen LogP contribution in [0.25, 0.3) is 10.9 Å². The molecule has 0 saturated heterocycles. The molecule has 0 N–H and O–H groups in total. The molecule has 2 unspecified atom stereocenters. The number of carbonyl (C=O) groups excluding carboxylic acids is 1. The monoisotopic (exact) mass is 350 g/mol. The summed E-state index contributed by atoms with van der Waals surface area (Å²) in [4.78, 5) is 16.5. The number of hydrogen-bond acceptors (Lipinski definition) is 5. The second kappa shape index (κ2) is 7.33. The zero-order chi connectivity index (χ0) is 17.9. The Morgan fingerprint density at radius 1 is 1.19 bits per heavy atom. The van der Waals surface area contributed by atoms with E-state index in [4.69, 9.17) is 9.47 Å². The van der Waals surface area contributed by atoms with Crippen LogP contribution < -0.4 is 4.74 Å². The summed E-state index contributed by atoms with van der Waals surface area (Å²) in [5, 5.41) is 10.1. The van der Waals surface area contributed by atoms with Gasteiger partial charge in [-0.05, 0) is 36.8 Å². The fraction of sp³-hybridized carbons (Fsp3) is 0.476. The molecule has 2 fully saturated rings. The maximum absolute atomic E-state index is 12.3. The van der Waals surface area contributed by atoms with Gasteiger partial charge in [0, 0.05) is 11.6 Å². The number of esters is 1. The quantitative estimate of drug-likeness (QED) is 0.605. The Morgan fingerprint density at radius 3 is 2.73 bits per heavy atom. The van der Waals surface area contributed by atoms with Gasteiger partial charge < -0.3 is 9.47 Å². The number of nitriles is 1. The third-order valence-electron chi connectivity index (χ3n) is 5.74. The summed E-state index contributed by atoms with van der Waals surface area (Å²) in [5.74, 6) is 1.92.